The van der Waals surface area contributed by atoms with Gasteiger partial charge >= 0.3 is 0 Å². The Morgan fingerprint density at radius 1 is 1.40 bits per heavy atom. The zero-order valence-electron chi connectivity index (χ0n) is 11.9. The van der Waals surface area contributed by atoms with Crippen molar-refractivity contribution in [3.05, 3.63) is 34.9 Å². The SMILES string of the molecule is CCCCSC(C)C(=O)NC(CO)c1ccc(Cl)cc1. The van der Waals surface area contributed by atoms with Crippen molar-refractivity contribution in [3.63, 3.8) is 0 Å². The summed E-state index contributed by atoms with van der Waals surface area (Å²) in [6, 6.07) is 6.77. The molecule has 0 aliphatic heterocycles. The highest BCUT2D eigenvalue weighted by Crippen LogP contribution is 2.18. The van der Waals surface area contributed by atoms with Crippen molar-refractivity contribution in [2.45, 2.75) is 38.0 Å². The molecule has 0 saturated carbocycles. The van der Waals surface area contributed by atoms with Crippen molar-refractivity contribution in [1.82, 2.24) is 5.32 Å². The molecular formula is C15H22ClNO2S. The molecule has 3 nitrogen and oxygen atoms in total. The lowest BCUT2D eigenvalue weighted by Gasteiger charge is -2.19. The molecule has 5 heteroatoms. The number of aliphatic hydroxyl groups is 1. The van der Waals surface area contributed by atoms with Gasteiger partial charge in [-0.15, -0.1) is 11.8 Å². The number of carbonyl (C=O) groups excluding carboxylic acids is 1. The minimum Gasteiger partial charge on any atom is -0.394 e. The van der Waals surface area contributed by atoms with Crippen LogP contribution in [0.2, 0.25) is 5.02 Å². The summed E-state index contributed by atoms with van der Waals surface area (Å²) in [6.07, 6.45) is 2.24. The maximum Gasteiger partial charge on any atom is 0.233 e. The first-order valence-electron chi connectivity index (χ1n) is 6.86. The van der Waals surface area contributed by atoms with Gasteiger partial charge in [-0.05, 0) is 36.8 Å². The Morgan fingerprint density at radius 3 is 2.60 bits per heavy atom. The van der Waals surface area contributed by atoms with Gasteiger partial charge in [0, 0.05) is 5.02 Å². The Hall–Kier alpha value is -0.710. The molecule has 1 aromatic carbocycles. The van der Waals surface area contributed by atoms with Crippen molar-refractivity contribution in [1.29, 1.82) is 0 Å². The van der Waals surface area contributed by atoms with Gasteiger partial charge in [-0.2, -0.15) is 0 Å². The summed E-state index contributed by atoms with van der Waals surface area (Å²) in [5.41, 5.74) is 0.857. The highest BCUT2D eigenvalue weighted by atomic mass is 35.5. The molecule has 1 amide bonds. The average Bonchev–Trinajstić information content (AvgIpc) is 2.45. The van der Waals surface area contributed by atoms with Crippen LogP contribution < -0.4 is 5.32 Å². The number of amides is 1. The molecule has 1 rings (SSSR count). The summed E-state index contributed by atoms with van der Waals surface area (Å²) in [6.45, 7) is 3.90. The fourth-order valence-electron chi connectivity index (χ4n) is 1.70. The Labute approximate surface area is 130 Å². The zero-order valence-corrected chi connectivity index (χ0v) is 13.5. The van der Waals surface area contributed by atoms with E-state index < -0.39 is 0 Å². The summed E-state index contributed by atoms with van der Waals surface area (Å²) in [5, 5.41) is 12.8. The molecule has 0 radical (unpaired) electrons. The molecule has 0 fully saturated rings. The molecule has 2 unspecified atom stereocenters. The predicted molar refractivity (Wildman–Crippen MR) is 86.2 cm³/mol. The van der Waals surface area contributed by atoms with Crippen LogP contribution in [0.25, 0.3) is 0 Å². The van der Waals surface area contributed by atoms with Crippen molar-refractivity contribution in [2.24, 2.45) is 0 Å². The van der Waals surface area contributed by atoms with Crippen LogP contribution in [-0.2, 0) is 4.79 Å². The lowest BCUT2D eigenvalue weighted by atomic mass is 10.1. The van der Waals surface area contributed by atoms with Crippen molar-refractivity contribution in [3.8, 4) is 0 Å². The molecular weight excluding hydrogens is 294 g/mol. The molecule has 0 aliphatic rings. The van der Waals surface area contributed by atoms with Crippen molar-refractivity contribution >= 4 is 29.3 Å². The van der Waals surface area contributed by atoms with Crippen LogP contribution in [0.4, 0.5) is 0 Å². The van der Waals surface area contributed by atoms with E-state index in [1.54, 1.807) is 23.9 Å². The summed E-state index contributed by atoms with van der Waals surface area (Å²) in [4.78, 5) is 12.1. The van der Waals surface area contributed by atoms with E-state index in [4.69, 9.17) is 11.6 Å². The number of carbonyl (C=O) groups is 1. The van der Waals surface area contributed by atoms with Gasteiger partial charge in [0.2, 0.25) is 5.91 Å². The minimum absolute atomic E-state index is 0.0416. The number of benzene rings is 1. The van der Waals surface area contributed by atoms with Crippen LogP contribution >= 0.6 is 23.4 Å². The fourth-order valence-corrected chi connectivity index (χ4v) is 2.85. The largest absolute Gasteiger partial charge is 0.394 e. The first kappa shape index (κ1) is 17.3. The van der Waals surface area contributed by atoms with Crippen LogP contribution in [0.15, 0.2) is 24.3 Å². The van der Waals surface area contributed by atoms with Gasteiger partial charge in [0.25, 0.3) is 0 Å². The number of hydrogen-bond donors (Lipinski definition) is 2. The quantitative estimate of drug-likeness (QED) is 0.723. The molecule has 0 bridgehead atoms. The van der Waals surface area contributed by atoms with Crippen LogP contribution in [-0.4, -0.2) is 28.6 Å². The van der Waals surface area contributed by atoms with E-state index in [2.05, 4.69) is 12.2 Å². The third-order valence-electron chi connectivity index (χ3n) is 3.01. The minimum atomic E-state index is -0.381. The first-order valence-corrected chi connectivity index (χ1v) is 8.29. The Bertz CT molecular complexity index is 411. The van der Waals surface area contributed by atoms with Gasteiger partial charge in [-0.3, -0.25) is 4.79 Å². The van der Waals surface area contributed by atoms with Crippen LogP contribution in [0.5, 0.6) is 0 Å². The molecule has 1 aromatic rings. The number of hydrogen-bond acceptors (Lipinski definition) is 3. The van der Waals surface area contributed by atoms with Gasteiger partial charge in [0.05, 0.1) is 17.9 Å². The van der Waals surface area contributed by atoms with E-state index in [1.165, 1.54) is 0 Å². The fraction of sp³-hybridized carbons (Fsp3) is 0.533. The van der Waals surface area contributed by atoms with Crippen molar-refractivity contribution in [2.75, 3.05) is 12.4 Å². The van der Waals surface area contributed by atoms with E-state index in [-0.39, 0.29) is 23.8 Å². The molecule has 112 valence electrons. The molecule has 0 aliphatic carbocycles. The highest BCUT2D eigenvalue weighted by molar-refractivity contribution is 8.00. The van der Waals surface area contributed by atoms with Gasteiger partial charge in [-0.1, -0.05) is 37.1 Å². The normalized spacial score (nSPS) is 13.8. The van der Waals surface area contributed by atoms with Crippen LogP contribution in [0.3, 0.4) is 0 Å². The number of thioether (sulfide) groups is 1. The molecule has 0 saturated heterocycles. The Balaban J connectivity index is 2.54. The van der Waals surface area contributed by atoms with Crippen LogP contribution in [0, 0.1) is 0 Å². The standard InChI is InChI=1S/C15H22ClNO2S/c1-3-4-9-20-11(2)15(19)17-14(10-18)12-5-7-13(16)8-6-12/h5-8,11,14,18H,3-4,9-10H2,1-2H3,(H,17,19). The average molecular weight is 316 g/mol. The molecule has 0 aromatic heterocycles. The van der Waals surface area contributed by atoms with Crippen LogP contribution in [0.1, 0.15) is 38.3 Å². The first-order chi connectivity index (χ1) is 9.58. The van der Waals surface area contributed by atoms with Gasteiger partial charge < -0.3 is 10.4 Å². The van der Waals surface area contributed by atoms with Gasteiger partial charge in [-0.25, -0.2) is 0 Å². The summed E-state index contributed by atoms with van der Waals surface area (Å²) in [7, 11) is 0. The van der Waals surface area contributed by atoms with E-state index >= 15 is 0 Å². The monoisotopic (exact) mass is 315 g/mol. The molecule has 2 N–H and O–H groups in total. The maximum atomic E-state index is 12.1. The summed E-state index contributed by atoms with van der Waals surface area (Å²) < 4.78 is 0. The van der Waals surface area contributed by atoms with E-state index in [0.717, 1.165) is 24.2 Å². The van der Waals surface area contributed by atoms with Crippen molar-refractivity contribution < 1.29 is 9.90 Å². The number of nitrogens with one attached hydrogen (secondary N) is 1. The van der Waals surface area contributed by atoms with E-state index in [0.29, 0.717) is 5.02 Å². The predicted octanol–water partition coefficient (Wildman–Crippen LogP) is 3.41. The third-order valence-corrected chi connectivity index (χ3v) is 4.50. The number of aliphatic hydroxyl groups excluding tert-OH is 1. The second kappa shape index (κ2) is 9.27. The number of rotatable bonds is 8. The molecule has 0 heterocycles. The molecule has 0 spiro atoms. The second-order valence-electron chi connectivity index (χ2n) is 4.66. The summed E-state index contributed by atoms with van der Waals surface area (Å²) in [5.74, 6) is 0.940. The lowest BCUT2D eigenvalue weighted by Crippen LogP contribution is -2.36. The maximum absolute atomic E-state index is 12.1. The molecule has 2 atom stereocenters. The Kier molecular flexibility index (Phi) is 8.04. The van der Waals surface area contributed by atoms with E-state index in [1.807, 2.05) is 19.1 Å². The van der Waals surface area contributed by atoms with Gasteiger partial charge in [0.1, 0.15) is 0 Å². The third kappa shape index (κ3) is 5.73. The smallest absolute Gasteiger partial charge is 0.233 e. The van der Waals surface area contributed by atoms with Gasteiger partial charge in [0.15, 0.2) is 0 Å². The lowest BCUT2D eigenvalue weighted by molar-refractivity contribution is -0.121. The number of halogens is 1. The number of unbranched alkanes of at least 4 members (excludes halogenated alkanes) is 1. The summed E-state index contributed by atoms with van der Waals surface area (Å²) >= 11 is 7.48. The van der Waals surface area contributed by atoms with E-state index in [9.17, 15) is 9.90 Å². The second-order valence-corrected chi connectivity index (χ2v) is 6.55. The molecule has 20 heavy (non-hydrogen) atoms. The topological polar surface area (TPSA) is 49.3 Å². The highest BCUT2D eigenvalue weighted by Gasteiger charge is 2.18. The zero-order chi connectivity index (χ0) is 15.0. The Morgan fingerprint density at radius 2 is 2.05 bits per heavy atom.